The van der Waals surface area contributed by atoms with Gasteiger partial charge < -0.3 is 14.8 Å². The van der Waals surface area contributed by atoms with Gasteiger partial charge in [0.05, 0.1) is 18.3 Å². The molecule has 17 heavy (non-hydrogen) atoms. The molecule has 0 spiro atoms. The van der Waals surface area contributed by atoms with Crippen molar-refractivity contribution in [1.29, 1.82) is 0 Å². The van der Waals surface area contributed by atoms with Crippen molar-refractivity contribution >= 4 is 0 Å². The standard InChI is InChI=1S/C14H29NO2/c1-5-16-10-13(4)17-14(8-6-7-9-14)11-15-12(2)3/h12-13,15H,5-11H2,1-4H3. The van der Waals surface area contributed by atoms with E-state index in [2.05, 4.69) is 26.1 Å². The zero-order chi connectivity index (χ0) is 12.7. The minimum atomic E-state index is 0.0563. The van der Waals surface area contributed by atoms with Crippen LogP contribution < -0.4 is 5.32 Å². The number of rotatable bonds is 8. The Kier molecular flexibility index (Phi) is 6.45. The van der Waals surface area contributed by atoms with Crippen LogP contribution in [0.15, 0.2) is 0 Å². The molecule has 1 aliphatic carbocycles. The molecule has 1 rings (SSSR count). The summed E-state index contributed by atoms with van der Waals surface area (Å²) in [5, 5.41) is 3.52. The quantitative estimate of drug-likeness (QED) is 0.711. The third-order valence-corrected chi connectivity index (χ3v) is 3.36. The minimum absolute atomic E-state index is 0.0563. The highest BCUT2D eigenvalue weighted by molar-refractivity contribution is 4.89. The normalized spacial score (nSPS) is 21.0. The Bertz CT molecular complexity index is 200. The van der Waals surface area contributed by atoms with E-state index < -0.39 is 0 Å². The van der Waals surface area contributed by atoms with Gasteiger partial charge in [-0.05, 0) is 26.7 Å². The molecule has 0 aromatic heterocycles. The van der Waals surface area contributed by atoms with Gasteiger partial charge in [0.25, 0.3) is 0 Å². The van der Waals surface area contributed by atoms with E-state index in [1.165, 1.54) is 25.7 Å². The third-order valence-electron chi connectivity index (χ3n) is 3.36. The van der Waals surface area contributed by atoms with Gasteiger partial charge in [0.15, 0.2) is 0 Å². The second-order valence-corrected chi connectivity index (χ2v) is 5.51. The third kappa shape index (κ3) is 5.36. The van der Waals surface area contributed by atoms with Gasteiger partial charge >= 0.3 is 0 Å². The molecule has 0 amide bonds. The van der Waals surface area contributed by atoms with Crippen LogP contribution in [-0.2, 0) is 9.47 Å². The van der Waals surface area contributed by atoms with Gasteiger partial charge in [0, 0.05) is 19.2 Å². The summed E-state index contributed by atoms with van der Waals surface area (Å²) in [6, 6.07) is 0.526. The highest BCUT2D eigenvalue weighted by Gasteiger charge is 2.36. The molecule has 0 aliphatic heterocycles. The van der Waals surface area contributed by atoms with Crippen molar-refractivity contribution in [1.82, 2.24) is 5.32 Å². The maximum absolute atomic E-state index is 6.26. The summed E-state index contributed by atoms with van der Waals surface area (Å²) in [7, 11) is 0. The first-order chi connectivity index (χ1) is 8.08. The zero-order valence-corrected chi connectivity index (χ0v) is 11.9. The molecule has 1 unspecified atom stereocenters. The summed E-state index contributed by atoms with van der Waals surface area (Å²) in [5.74, 6) is 0. The van der Waals surface area contributed by atoms with Gasteiger partial charge in [0.2, 0.25) is 0 Å². The molecule has 1 N–H and O–H groups in total. The monoisotopic (exact) mass is 243 g/mol. The van der Waals surface area contributed by atoms with E-state index in [4.69, 9.17) is 9.47 Å². The fourth-order valence-corrected chi connectivity index (χ4v) is 2.49. The lowest BCUT2D eigenvalue weighted by atomic mass is 10.0. The van der Waals surface area contributed by atoms with E-state index in [9.17, 15) is 0 Å². The molecule has 0 bridgehead atoms. The van der Waals surface area contributed by atoms with Crippen LogP contribution in [0.3, 0.4) is 0 Å². The summed E-state index contributed by atoms with van der Waals surface area (Å²) in [4.78, 5) is 0. The maximum atomic E-state index is 6.26. The lowest BCUT2D eigenvalue weighted by molar-refractivity contribution is -0.107. The fraction of sp³-hybridized carbons (Fsp3) is 1.00. The highest BCUT2D eigenvalue weighted by Crippen LogP contribution is 2.33. The lowest BCUT2D eigenvalue weighted by Crippen LogP contribution is -2.45. The summed E-state index contributed by atoms with van der Waals surface area (Å²) >= 11 is 0. The predicted molar refractivity (Wildman–Crippen MR) is 71.4 cm³/mol. The molecule has 1 aliphatic rings. The molecule has 102 valence electrons. The second-order valence-electron chi connectivity index (χ2n) is 5.51. The van der Waals surface area contributed by atoms with Crippen LogP contribution in [0.4, 0.5) is 0 Å². The molecule has 1 saturated carbocycles. The lowest BCUT2D eigenvalue weighted by Gasteiger charge is -2.33. The molecular weight excluding hydrogens is 214 g/mol. The van der Waals surface area contributed by atoms with Crippen molar-refractivity contribution in [3.05, 3.63) is 0 Å². The molecule has 0 aromatic rings. The average Bonchev–Trinajstić information content (AvgIpc) is 2.73. The van der Waals surface area contributed by atoms with Crippen LogP contribution in [0, 0.1) is 0 Å². The van der Waals surface area contributed by atoms with Crippen molar-refractivity contribution in [2.45, 2.75) is 71.1 Å². The Hall–Kier alpha value is -0.120. The highest BCUT2D eigenvalue weighted by atomic mass is 16.5. The smallest absolute Gasteiger partial charge is 0.0811 e. The molecule has 0 saturated heterocycles. The van der Waals surface area contributed by atoms with Crippen molar-refractivity contribution in [2.75, 3.05) is 19.8 Å². The second kappa shape index (κ2) is 7.34. The van der Waals surface area contributed by atoms with E-state index in [1.807, 2.05) is 6.92 Å². The van der Waals surface area contributed by atoms with E-state index in [-0.39, 0.29) is 11.7 Å². The Balaban J connectivity index is 2.41. The Labute approximate surface area is 106 Å². The largest absolute Gasteiger partial charge is 0.379 e. The molecule has 0 heterocycles. The molecule has 3 nitrogen and oxygen atoms in total. The van der Waals surface area contributed by atoms with Gasteiger partial charge in [-0.3, -0.25) is 0 Å². The van der Waals surface area contributed by atoms with E-state index in [0.29, 0.717) is 12.6 Å². The Morgan fingerprint density at radius 2 is 1.82 bits per heavy atom. The van der Waals surface area contributed by atoms with Gasteiger partial charge in [-0.2, -0.15) is 0 Å². The summed E-state index contributed by atoms with van der Waals surface area (Å²) in [6.07, 6.45) is 5.15. The van der Waals surface area contributed by atoms with Crippen LogP contribution >= 0.6 is 0 Å². The summed E-state index contributed by atoms with van der Waals surface area (Å²) in [6.45, 7) is 11.0. The van der Waals surface area contributed by atoms with Gasteiger partial charge in [-0.1, -0.05) is 26.7 Å². The molecule has 0 aromatic carbocycles. The van der Waals surface area contributed by atoms with Crippen molar-refractivity contribution in [2.24, 2.45) is 0 Å². The van der Waals surface area contributed by atoms with Crippen LogP contribution in [0.25, 0.3) is 0 Å². The first-order valence-corrected chi connectivity index (χ1v) is 7.07. The Morgan fingerprint density at radius 1 is 1.18 bits per heavy atom. The van der Waals surface area contributed by atoms with Crippen molar-refractivity contribution < 1.29 is 9.47 Å². The Morgan fingerprint density at radius 3 is 2.35 bits per heavy atom. The zero-order valence-electron chi connectivity index (χ0n) is 11.9. The fourth-order valence-electron chi connectivity index (χ4n) is 2.49. The van der Waals surface area contributed by atoms with E-state index in [0.717, 1.165) is 13.2 Å². The van der Waals surface area contributed by atoms with Crippen molar-refractivity contribution in [3.63, 3.8) is 0 Å². The number of nitrogens with one attached hydrogen (secondary N) is 1. The molecule has 1 fully saturated rings. The summed E-state index contributed by atoms with van der Waals surface area (Å²) < 4.78 is 11.7. The topological polar surface area (TPSA) is 30.5 Å². The van der Waals surface area contributed by atoms with E-state index in [1.54, 1.807) is 0 Å². The number of hydrogen-bond donors (Lipinski definition) is 1. The number of hydrogen-bond acceptors (Lipinski definition) is 3. The van der Waals surface area contributed by atoms with E-state index >= 15 is 0 Å². The maximum Gasteiger partial charge on any atom is 0.0811 e. The minimum Gasteiger partial charge on any atom is -0.379 e. The molecular formula is C14H29NO2. The van der Waals surface area contributed by atoms with Crippen molar-refractivity contribution in [3.8, 4) is 0 Å². The molecule has 3 heteroatoms. The van der Waals surface area contributed by atoms with Crippen LogP contribution in [0.1, 0.15) is 53.4 Å². The van der Waals surface area contributed by atoms with Crippen LogP contribution in [0.2, 0.25) is 0 Å². The SMILES string of the molecule is CCOCC(C)OC1(CNC(C)C)CCCC1. The predicted octanol–water partition coefficient (Wildman–Crippen LogP) is 2.74. The van der Waals surface area contributed by atoms with Gasteiger partial charge in [-0.25, -0.2) is 0 Å². The number of ether oxygens (including phenoxy) is 2. The first-order valence-electron chi connectivity index (χ1n) is 7.07. The molecule has 1 atom stereocenters. The molecule has 0 radical (unpaired) electrons. The van der Waals surface area contributed by atoms with Gasteiger partial charge in [0.1, 0.15) is 0 Å². The van der Waals surface area contributed by atoms with Crippen LogP contribution in [0.5, 0.6) is 0 Å². The average molecular weight is 243 g/mol. The van der Waals surface area contributed by atoms with Crippen LogP contribution in [-0.4, -0.2) is 37.5 Å². The van der Waals surface area contributed by atoms with Gasteiger partial charge in [-0.15, -0.1) is 0 Å². The first kappa shape index (κ1) is 14.9. The summed E-state index contributed by atoms with van der Waals surface area (Å²) in [5.41, 5.74) is 0.0563.